The largest absolute Gasteiger partial charge is 0.398 e. The minimum atomic E-state index is -0.558. The summed E-state index contributed by atoms with van der Waals surface area (Å²) in [5.41, 5.74) is 21.6. The number of aliphatic hydroxyl groups excluding tert-OH is 1. The summed E-state index contributed by atoms with van der Waals surface area (Å²) in [5, 5.41) is 8.32. The monoisotopic (exact) mass is 506 g/mol. The van der Waals surface area contributed by atoms with Gasteiger partial charge in [-0.1, -0.05) is 44.2 Å². The van der Waals surface area contributed by atoms with Gasteiger partial charge in [0.15, 0.2) is 0 Å². The Morgan fingerprint density at radius 1 is 1.08 bits per heavy atom. The Balaban J connectivity index is 0.000000479. The summed E-state index contributed by atoms with van der Waals surface area (Å²) in [6, 6.07) is 13.1. The third kappa shape index (κ3) is 7.34. The molecule has 0 spiro atoms. The number of amides is 1. The fraction of sp³-hybridized carbons (Fsp3) is 0.357. The van der Waals surface area contributed by atoms with Crippen molar-refractivity contribution in [1.82, 2.24) is 14.3 Å². The van der Waals surface area contributed by atoms with Crippen molar-refractivity contribution in [2.24, 2.45) is 23.1 Å². The second-order valence-electron chi connectivity index (χ2n) is 9.23. The van der Waals surface area contributed by atoms with E-state index in [-0.39, 0.29) is 0 Å². The van der Waals surface area contributed by atoms with Crippen molar-refractivity contribution in [1.29, 1.82) is 0 Å². The van der Waals surface area contributed by atoms with Gasteiger partial charge in [-0.2, -0.15) is 0 Å². The maximum atomic E-state index is 12.2. The molecule has 0 bridgehead atoms. The van der Waals surface area contributed by atoms with Crippen molar-refractivity contribution in [2.45, 2.75) is 26.7 Å². The summed E-state index contributed by atoms with van der Waals surface area (Å²) in [4.78, 5) is 19.0. The number of morpholine rings is 1. The van der Waals surface area contributed by atoms with Gasteiger partial charge in [-0.05, 0) is 43.0 Å². The first kappa shape index (κ1) is 27.8. The number of fused-ring (bicyclic) bond motifs is 1. The van der Waals surface area contributed by atoms with Gasteiger partial charge in [0.1, 0.15) is 17.0 Å². The van der Waals surface area contributed by atoms with E-state index in [0.29, 0.717) is 53.9 Å². The molecule has 1 amide bonds. The molecule has 2 aromatic heterocycles. The predicted molar refractivity (Wildman–Crippen MR) is 147 cm³/mol. The Bertz CT molecular complexity index is 1230. The molecule has 1 fully saturated rings. The van der Waals surface area contributed by atoms with E-state index >= 15 is 0 Å². The number of aromatic nitrogens is 2. The topological polar surface area (TPSA) is 145 Å². The third-order valence-corrected chi connectivity index (χ3v) is 5.99. The summed E-state index contributed by atoms with van der Waals surface area (Å²) in [6.07, 6.45) is 7.39. The Morgan fingerprint density at radius 2 is 1.78 bits per heavy atom. The highest BCUT2D eigenvalue weighted by Gasteiger charge is 2.20. The molecule has 9 heteroatoms. The normalized spacial score (nSPS) is 14.5. The quantitative estimate of drug-likeness (QED) is 0.344. The molecule has 198 valence electrons. The molecule has 37 heavy (non-hydrogen) atoms. The summed E-state index contributed by atoms with van der Waals surface area (Å²) in [7, 11) is 0. The van der Waals surface area contributed by atoms with E-state index in [1.165, 1.54) is 0 Å². The van der Waals surface area contributed by atoms with Crippen molar-refractivity contribution in [2.75, 3.05) is 32.9 Å². The van der Waals surface area contributed by atoms with Crippen LogP contribution in [0.3, 0.4) is 0 Å². The number of aliphatic hydroxyl groups is 1. The minimum absolute atomic E-state index is 0.314. The predicted octanol–water partition coefficient (Wildman–Crippen LogP) is 2.95. The molecular formula is C28H38N6O3. The highest BCUT2D eigenvalue weighted by Crippen LogP contribution is 2.27. The zero-order valence-corrected chi connectivity index (χ0v) is 21.6. The zero-order chi connectivity index (χ0) is 26.8. The Kier molecular flexibility index (Phi) is 10.1. The number of hydrogen-bond acceptors (Lipinski definition) is 7. The molecule has 7 N–H and O–H groups in total. The number of carbonyl (C=O) groups excluding carboxylic acids is 1. The van der Waals surface area contributed by atoms with Gasteiger partial charge in [0.2, 0.25) is 0 Å². The molecule has 1 aliphatic rings. The number of ether oxygens (including phenoxy) is 1. The van der Waals surface area contributed by atoms with Gasteiger partial charge in [-0.25, -0.2) is 4.98 Å². The Morgan fingerprint density at radius 3 is 2.38 bits per heavy atom. The van der Waals surface area contributed by atoms with Gasteiger partial charge in [0, 0.05) is 42.7 Å². The van der Waals surface area contributed by atoms with Crippen molar-refractivity contribution in [3.05, 3.63) is 77.9 Å². The van der Waals surface area contributed by atoms with E-state index in [9.17, 15) is 4.79 Å². The standard InChI is InChI=1S/C22H24N6O2.C6H14O/c23-17(8-9-18(24)27-11-13-30-14-12-27)16-7-4-10-28-20(21(25)29)19(26-22(16)28)15-5-2-1-3-6-15;1-6(2)4-3-5-7/h1-10H,11-14,23-24H2,(H2,25,29);6-7H,3-5H2,1-2H3/b17-8-,18-9+;. The van der Waals surface area contributed by atoms with Crippen LogP contribution in [0.2, 0.25) is 0 Å². The van der Waals surface area contributed by atoms with E-state index in [4.69, 9.17) is 32.0 Å². The number of carbonyl (C=O) groups is 1. The Hall–Kier alpha value is -3.82. The maximum Gasteiger partial charge on any atom is 0.268 e. The third-order valence-electron chi connectivity index (χ3n) is 5.99. The number of imidazole rings is 1. The van der Waals surface area contributed by atoms with E-state index in [2.05, 4.69) is 13.8 Å². The van der Waals surface area contributed by atoms with Gasteiger partial charge >= 0.3 is 0 Å². The lowest BCUT2D eigenvalue weighted by Crippen LogP contribution is -2.38. The Labute approximate surface area is 218 Å². The van der Waals surface area contributed by atoms with Crippen LogP contribution in [0.25, 0.3) is 22.6 Å². The van der Waals surface area contributed by atoms with Gasteiger partial charge < -0.3 is 31.9 Å². The van der Waals surface area contributed by atoms with E-state index in [1.54, 1.807) is 28.8 Å². The van der Waals surface area contributed by atoms with Gasteiger partial charge in [-0.15, -0.1) is 0 Å². The average Bonchev–Trinajstić information content (AvgIpc) is 3.32. The second-order valence-corrected chi connectivity index (χ2v) is 9.23. The van der Waals surface area contributed by atoms with Crippen molar-refractivity contribution in [3.8, 4) is 11.3 Å². The molecule has 1 aromatic carbocycles. The summed E-state index contributed by atoms with van der Waals surface area (Å²) < 4.78 is 7.03. The lowest BCUT2D eigenvalue weighted by Gasteiger charge is -2.28. The van der Waals surface area contributed by atoms with Gasteiger partial charge in [0.05, 0.1) is 19.0 Å². The van der Waals surface area contributed by atoms with Crippen LogP contribution in [-0.2, 0) is 4.74 Å². The number of nitrogens with two attached hydrogens (primary N) is 3. The average molecular weight is 507 g/mol. The first-order chi connectivity index (χ1) is 17.8. The second kappa shape index (κ2) is 13.5. The molecule has 0 atom stereocenters. The summed E-state index contributed by atoms with van der Waals surface area (Å²) in [5.74, 6) is 0.809. The number of nitrogens with zero attached hydrogens (tertiary/aromatic N) is 3. The highest BCUT2D eigenvalue weighted by molar-refractivity contribution is 5.99. The number of primary amides is 1. The van der Waals surface area contributed by atoms with Crippen molar-refractivity contribution >= 4 is 17.3 Å². The van der Waals surface area contributed by atoms with Gasteiger partial charge in [-0.3, -0.25) is 9.20 Å². The maximum absolute atomic E-state index is 12.2. The SMILES string of the molecule is CC(C)CCCO.NC(=O)c1c(-c2ccccc2)nc2c(/C(N)=C/C=C(\N)N3CCOCC3)cccn12. The van der Waals surface area contributed by atoms with Crippen LogP contribution >= 0.6 is 0 Å². The molecule has 0 saturated carbocycles. The van der Waals surface area contributed by atoms with E-state index < -0.39 is 5.91 Å². The number of allylic oxidation sites excluding steroid dienone is 2. The zero-order valence-electron chi connectivity index (χ0n) is 21.6. The van der Waals surface area contributed by atoms with Crippen LogP contribution in [0.15, 0.2) is 66.6 Å². The number of benzene rings is 1. The molecule has 1 aliphatic heterocycles. The van der Waals surface area contributed by atoms with Crippen molar-refractivity contribution < 1.29 is 14.6 Å². The molecule has 0 aliphatic carbocycles. The number of pyridine rings is 1. The fourth-order valence-corrected chi connectivity index (χ4v) is 4.02. The number of rotatable bonds is 8. The summed E-state index contributed by atoms with van der Waals surface area (Å²) >= 11 is 0. The highest BCUT2D eigenvalue weighted by atomic mass is 16.5. The molecule has 0 radical (unpaired) electrons. The molecular weight excluding hydrogens is 468 g/mol. The smallest absolute Gasteiger partial charge is 0.268 e. The molecule has 4 rings (SSSR count). The molecule has 0 unspecified atom stereocenters. The first-order valence-corrected chi connectivity index (χ1v) is 12.6. The molecule has 9 nitrogen and oxygen atoms in total. The lowest BCUT2D eigenvalue weighted by molar-refractivity contribution is 0.0530. The minimum Gasteiger partial charge on any atom is -0.398 e. The van der Waals surface area contributed by atoms with Crippen LogP contribution in [0, 0.1) is 5.92 Å². The van der Waals surface area contributed by atoms with Crippen LogP contribution < -0.4 is 17.2 Å². The van der Waals surface area contributed by atoms with Crippen LogP contribution in [-0.4, -0.2) is 58.2 Å². The molecule has 3 heterocycles. The number of hydrogen-bond donors (Lipinski definition) is 4. The van der Waals surface area contributed by atoms with Gasteiger partial charge in [0.25, 0.3) is 5.91 Å². The summed E-state index contributed by atoms with van der Waals surface area (Å²) in [6.45, 7) is 7.46. The van der Waals surface area contributed by atoms with E-state index in [0.717, 1.165) is 37.4 Å². The molecule has 3 aromatic rings. The van der Waals surface area contributed by atoms with Crippen molar-refractivity contribution in [3.63, 3.8) is 0 Å². The molecule has 1 saturated heterocycles. The van der Waals surface area contributed by atoms with Crippen LogP contribution in [0.1, 0.15) is 42.7 Å². The van der Waals surface area contributed by atoms with Crippen LogP contribution in [0.4, 0.5) is 0 Å². The first-order valence-electron chi connectivity index (χ1n) is 12.6. The van der Waals surface area contributed by atoms with E-state index in [1.807, 2.05) is 41.3 Å². The fourth-order valence-electron chi connectivity index (χ4n) is 4.02. The van der Waals surface area contributed by atoms with Crippen LogP contribution in [0.5, 0.6) is 0 Å². The lowest BCUT2D eigenvalue weighted by atomic mass is 10.1.